The van der Waals surface area contributed by atoms with Crippen LogP contribution in [0.15, 0.2) is 84.9 Å². The molecule has 198 valence electrons. The van der Waals surface area contributed by atoms with Crippen molar-refractivity contribution in [2.45, 2.75) is 31.1 Å². The summed E-state index contributed by atoms with van der Waals surface area (Å²) in [5.41, 5.74) is 7.48. The summed E-state index contributed by atoms with van der Waals surface area (Å²) in [5, 5.41) is 30.5. The van der Waals surface area contributed by atoms with Gasteiger partial charge in [-0.25, -0.2) is 0 Å². The van der Waals surface area contributed by atoms with Crippen LogP contribution < -0.4 is 87.2 Å². The Kier molecular flexibility index (Phi) is 24.2. The maximum absolute atomic E-state index is 10.7. The predicted octanol–water partition coefficient (Wildman–Crippen LogP) is -5.00. The fourth-order valence-electron chi connectivity index (χ4n) is 3.37. The van der Waals surface area contributed by atoms with Crippen molar-refractivity contribution in [3.05, 3.63) is 106 Å². The molecular weight excluding hydrogens is 654 g/mol. The number of halogens is 2. The number of carboxylic acids is 2. The number of nitrogens with one attached hydrogen (secondary N) is 1. The van der Waals surface area contributed by atoms with E-state index in [-0.39, 0.29) is 88.9 Å². The van der Waals surface area contributed by atoms with E-state index < -0.39 is 22.8 Å². The third kappa shape index (κ3) is 14.7. The molecule has 12 heteroatoms. The molecule has 4 rings (SSSR count). The van der Waals surface area contributed by atoms with Crippen LogP contribution in [0.25, 0.3) is 21.5 Å². The van der Waals surface area contributed by atoms with Gasteiger partial charge in [-0.15, -0.1) is 0 Å². The number of fused-ring (bicyclic) bond motifs is 2. The van der Waals surface area contributed by atoms with E-state index in [1.807, 2.05) is 84.9 Å². The van der Waals surface area contributed by atoms with Crippen LogP contribution in [-0.4, -0.2) is 33.0 Å². The van der Waals surface area contributed by atoms with E-state index in [0.717, 1.165) is 27.3 Å². The van der Waals surface area contributed by atoms with Crippen LogP contribution in [0, 0.1) is 10.1 Å². The van der Waals surface area contributed by atoms with Gasteiger partial charge in [-0.2, -0.15) is 0 Å². The molecular formula is C27H29Br2N2Na2O6+. The van der Waals surface area contributed by atoms with Gasteiger partial charge < -0.3 is 32.9 Å². The quantitative estimate of drug-likeness (QED) is 0.0688. The summed E-state index contributed by atoms with van der Waals surface area (Å²) in [6, 6.07) is 27.1. The van der Waals surface area contributed by atoms with Gasteiger partial charge in [0.15, 0.2) is 0 Å². The fraction of sp³-hybridized carbons (Fsp3) is 0.185. The Balaban J connectivity index is -0.000000552. The maximum Gasteiger partial charge on any atom is 1.00 e. The summed E-state index contributed by atoms with van der Waals surface area (Å²) in [5.74, 6) is -1.79. The van der Waals surface area contributed by atoms with Gasteiger partial charge in [0.05, 0.1) is 0 Å². The number of hydrogen-bond donors (Lipinski definition) is 4. The Bertz CT molecular complexity index is 1220. The van der Waals surface area contributed by atoms with Crippen LogP contribution in [-0.2, 0) is 22.4 Å². The predicted molar refractivity (Wildman–Crippen MR) is 146 cm³/mol. The van der Waals surface area contributed by atoms with E-state index in [1.54, 1.807) is 0 Å². The average Bonchev–Trinajstić information content (AvgIpc) is 2.84. The third-order valence-corrected chi connectivity index (χ3v) is 5.80. The molecule has 0 unspecified atom stereocenters. The number of carbonyl (C=O) groups is 2. The normalized spacial score (nSPS) is 10.6. The van der Waals surface area contributed by atoms with Crippen molar-refractivity contribution in [3.8, 4) is 0 Å². The van der Waals surface area contributed by atoms with Crippen LogP contribution >= 0.6 is 15.9 Å². The van der Waals surface area contributed by atoms with Crippen molar-refractivity contribution >= 4 is 49.4 Å². The van der Waals surface area contributed by atoms with E-state index in [0.29, 0.717) is 12.8 Å². The van der Waals surface area contributed by atoms with Crippen LogP contribution in [0.3, 0.4) is 0 Å². The van der Waals surface area contributed by atoms with Crippen molar-refractivity contribution in [1.82, 2.24) is 0 Å². The van der Waals surface area contributed by atoms with E-state index in [2.05, 4.69) is 15.9 Å². The molecule has 0 bridgehead atoms. The van der Waals surface area contributed by atoms with Gasteiger partial charge in [0.2, 0.25) is 0 Å². The first-order chi connectivity index (χ1) is 16.7. The van der Waals surface area contributed by atoms with Gasteiger partial charge in [-0.3, -0.25) is 19.7 Å². The minimum absolute atomic E-state index is 0. The molecule has 8 nitrogen and oxygen atoms in total. The van der Waals surface area contributed by atoms with Crippen molar-refractivity contribution in [2.24, 2.45) is 5.73 Å². The van der Waals surface area contributed by atoms with Crippen molar-refractivity contribution in [2.75, 3.05) is 0 Å². The molecule has 0 aliphatic carbocycles. The third-order valence-electron chi connectivity index (χ3n) is 5.08. The molecule has 39 heavy (non-hydrogen) atoms. The Labute approximate surface area is 290 Å². The minimum Gasteiger partial charge on any atom is -1.00 e. The zero-order valence-corrected chi connectivity index (χ0v) is 28.2. The van der Waals surface area contributed by atoms with Crippen molar-refractivity contribution in [1.29, 1.82) is 0 Å². The Morgan fingerprint density at radius 1 is 0.769 bits per heavy atom. The second-order valence-corrected chi connectivity index (χ2v) is 8.71. The minimum atomic E-state index is -0.965. The number of aliphatic carboxylic acids is 2. The summed E-state index contributed by atoms with van der Waals surface area (Å²) in [6.45, 7) is 0. The van der Waals surface area contributed by atoms with Crippen LogP contribution in [0.5, 0.6) is 0 Å². The molecule has 0 heterocycles. The Morgan fingerprint density at radius 3 is 1.49 bits per heavy atom. The molecule has 0 fully saturated rings. The second-order valence-electron chi connectivity index (χ2n) is 7.61. The number of rotatable bonds is 6. The van der Waals surface area contributed by atoms with Gasteiger partial charge in [0.1, 0.15) is 10.9 Å². The van der Waals surface area contributed by atoms with Crippen molar-refractivity contribution in [3.63, 3.8) is 0 Å². The number of alkyl halides is 1. The van der Waals surface area contributed by atoms with Crippen LogP contribution in [0.4, 0.5) is 0 Å². The number of benzene rings is 4. The zero-order chi connectivity index (χ0) is 25.8. The second kappa shape index (κ2) is 22.4. The molecule has 5 N–H and O–H groups in total. The maximum atomic E-state index is 10.7. The summed E-state index contributed by atoms with van der Waals surface area (Å²) in [7, 11) is 0. The fourth-order valence-corrected chi connectivity index (χ4v) is 3.74. The zero-order valence-electron chi connectivity index (χ0n) is 21.0. The SMILES string of the molecule is C.N[C@H](Cc1ccc2ccccc2c1)C(=O)O.O=C(O)[C@H](Br)Cc1ccc2ccccc2c1.O=[NH+][O-].[Br-].[Na+].[Na+]. The summed E-state index contributed by atoms with van der Waals surface area (Å²) in [6.07, 6.45) is 0.861. The van der Waals surface area contributed by atoms with E-state index in [1.165, 1.54) is 5.39 Å². The molecule has 0 saturated carbocycles. The molecule has 4 aromatic rings. The van der Waals surface area contributed by atoms with Gasteiger partial charge >= 0.3 is 71.1 Å². The molecule has 4 aromatic carbocycles. The standard InChI is InChI=1S/C13H11BrO2.C13H13NO2.CH4.BrH.HNO2.2Na/c2*14-12(13(15)16)8-9-5-6-10-3-1-2-4-11(10)7-9;;;2-1-3;;/h1-7,12H,8H2,(H,15,16);1-7,12H,8,14H2,(H,15,16);1H4;1H;1H;;/q;;;;;2*+1/p-1/t2*12-;;;;;/m11...../s1. The Morgan fingerprint density at radius 2 is 1.13 bits per heavy atom. The number of carboxylic acid groups (broad SMARTS) is 2. The van der Waals surface area contributed by atoms with Gasteiger partial charge in [0.25, 0.3) is 0 Å². The van der Waals surface area contributed by atoms with Crippen molar-refractivity contribution < 1.29 is 101 Å². The average molecular weight is 683 g/mol. The Hall–Kier alpha value is -1.34. The molecule has 0 saturated heterocycles. The first-order valence-corrected chi connectivity index (χ1v) is 11.5. The van der Waals surface area contributed by atoms with Gasteiger partial charge in [0, 0.05) is 5.34 Å². The molecule has 0 amide bonds. The summed E-state index contributed by atoms with van der Waals surface area (Å²) >= 11 is 3.14. The van der Waals surface area contributed by atoms with Gasteiger partial charge in [-0.05, 0) is 45.5 Å². The molecule has 0 spiro atoms. The summed E-state index contributed by atoms with van der Waals surface area (Å²) < 4.78 is 0. The smallest absolute Gasteiger partial charge is 1.00 e. The first kappa shape index (κ1) is 42.1. The monoisotopic (exact) mass is 681 g/mol. The molecule has 2 atom stereocenters. The topological polar surface area (TPSA) is 155 Å². The van der Waals surface area contributed by atoms with Gasteiger partial charge in [-0.1, -0.05) is 108 Å². The molecule has 0 aliphatic heterocycles. The molecule has 0 aliphatic rings. The molecule has 0 radical (unpaired) electrons. The van der Waals surface area contributed by atoms with E-state index >= 15 is 0 Å². The molecule has 0 aromatic heterocycles. The largest absolute Gasteiger partial charge is 1.00 e. The van der Waals surface area contributed by atoms with Crippen LogP contribution in [0.2, 0.25) is 0 Å². The number of nitrogens with two attached hydrogens (primary N) is 1. The van der Waals surface area contributed by atoms with E-state index in [4.69, 9.17) is 26.1 Å². The van der Waals surface area contributed by atoms with E-state index in [9.17, 15) is 9.59 Å². The first-order valence-electron chi connectivity index (χ1n) is 10.5. The number of hydrogen-bond acceptors (Lipinski definition) is 5. The van der Waals surface area contributed by atoms with Crippen LogP contribution in [0.1, 0.15) is 18.6 Å². The summed E-state index contributed by atoms with van der Waals surface area (Å²) in [4.78, 5) is 29.0.